The van der Waals surface area contributed by atoms with Gasteiger partial charge < -0.3 is 102 Å². The number of carbonyl (C=O) groups excluding carboxylic acids is 13. The number of guanidine groups is 1. The third-order valence-electron chi connectivity index (χ3n) is 19.0. The molecule has 594 valence electrons. The number of phenolic OH excluding ortho intramolecular Hbond substituents is 1. The minimum atomic E-state index is -1.75. The number of fused-ring (bicyclic) bond motifs is 1. The number of rotatable bonds is 26. The van der Waals surface area contributed by atoms with E-state index in [4.69, 9.17) is 28.3 Å². The van der Waals surface area contributed by atoms with Crippen molar-refractivity contribution in [1.29, 1.82) is 10.7 Å². The Hall–Kier alpha value is -11.0. The molecule has 1 aromatic heterocycles. The van der Waals surface area contributed by atoms with Gasteiger partial charge in [0.1, 0.15) is 60.1 Å². The second-order valence-electron chi connectivity index (χ2n) is 27.6. The molecule has 1 saturated heterocycles. The molecule has 3 aliphatic rings. The van der Waals surface area contributed by atoms with E-state index in [9.17, 15) is 63.4 Å². The summed E-state index contributed by atoms with van der Waals surface area (Å²) in [7, 11) is 1.72. The first-order chi connectivity index (χ1) is 52.5. The van der Waals surface area contributed by atoms with E-state index in [1.165, 1.54) is 35.2 Å². The Labute approximate surface area is 643 Å². The summed E-state index contributed by atoms with van der Waals surface area (Å²) in [5.74, 6) is -15.1. The van der Waals surface area contributed by atoms with E-state index in [0.717, 1.165) is 34.4 Å². The number of nitrogens with zero attached hydrogens (tertiary/aromatic N) is 2. The number of hydrogen-bond acceptors (Lipinski definition) is 20. The van der Waals surface area contributed by atoms with E-state index >= 15 is 19.2 Å². The Kier molecular flexibility index (Phi) is 33.9. The van der Waals surface area contributed by atoms with Crippen molar-refractivity contribution in [3.05, 3.63) is 101 Å². The zero-order chi connectivity index (χ0) is 80.0. The first-order valence-corrected chi connectivity index (χ1v) is 39.0. The summed E-state index contributed by atoms with van der Waals surface area (Å²) in [6.07, 6.45) is 2.60. The number of aromatic amines is 1. The van der Waals surface area contributed by atoms with Crippen LogP contribution in [-0.4, -0.2) is 206 Å². The summed E-state index contributed by atoms with van der Waals surface area (Å²) in [6.45, 7) is 0.774. The molecule has 1 aliphatic heterocycles. The molecule has 3 fully saturated rings. The number of aliphatic carboxylic acids is 1. The van der Waals surface area contributed by atoms with Crippen LogP contribution < -0.4 is 81.4 Å². The van der Waals surface area contributed by atoms with Crippen molar-refractivity contribution in [3.8, 4) is 11.8 Å². The predicted molar refractivity (Wildman–Crippen MR) is 406 cm³/mol. The lowest BCUT2D eigenvalue weighted by molar-refractivity contribution is -0.139. The summed E-state index contributed by atoms with van der Waals surface area (Å²) in [5.41, 5.74) is 25.0. The van der Waals surface area contributed by atoms with Crippen LogP contribution in [0.15, 0.2) is 79.0 Å². The number of nitrogens with one attached hydrogen (secondary N) is 13. The molecule has 7 rings (SSSR count). The normalized spacial score (nSPS) is 22.1. The van der Waals surface area contributed by atoms with Crippen molar-refractivity contribution in [1.82, 2.24) is 68.4 Å². The van der Waals surface area contributed by atoms with Gasteiger partial charge in [-0.25, -0.2) is 0 Å². The van der Waals surface area contributed by atoms with Crippen LogP contribution in [0.1, 0.15) is 132 Å². The molecule has 110 heavy (non-hydrogen) atoms. The molecule has 2 heterocycles. The summed E-state index contributed by atoms with van der Waals surface area (Å²) in [5, 5.41) is 67.8. The molecule has 0 spiro atoms. The molecular formula is C73H99N19O16S2. The SMILES string of the molecule is C[C@@H](N)CC(=O)N(CC(=O)N[C@@H](Cc1ccc(O)cc1)C(=O)N[C@H]1CSSC[C@@H](C(N)=O)NC(=O)[C@H](CCC(=O)O)NC(=O)[C@H](Cc2c[nH]c3ccccc23)NC(=O)[C@H](CCC(N)=O)NC(=O)CCNC(=O)[C@H](CCCNC(=N)N)NC(=O)[C@H](Cc2ccccc2C#N)NC(=O)[C@H](C2CCCC2)NC1=O)C1CCCC1. The van der Waals surface area contributed by atoms with Gasteiger partial charge in [0.25, 0.3) is 0 Å². The third kappa shape index (κ3) is 27.6. The molecule has 0 bridgehead atoms. The van der Waals surface area contributed by atoms with Crippen molar-refractivity contribution < 1.29 is 77.3 Å². The Bertz CT molecular complexity index is 3990. The standard InChI is InChI=1S/C73H99N19O16S2/c1-40(75)31-61(97)92(46-15-6-7-16-46)37-60(96)84-53(32-41-20-22-47(93)23-21-41)68(104)90-57-39-110-109-38-56(64(77)100)89-67(103)52(25-27-62(98)99)86-70(106)55(34-45-36-82-49-18-9-8-17-48(45)49)87-66(102)51(24-26-58(76)94)83-59(95)28-30-80-65(101)50(19-10-29-81-73(78)79)85-69(105)54(33-43-13-4-5-14-44(43)35-74)88-72(108)63(91-71(57)107)42-11-2-3-12-42/h4-5,8-9,13-14,17-18,20-23,36,40,42,46,50-57,63,82,93H,2-3,6-7,10-12,15-16,19,24-34,37-39,75H2,1H3,(H2,76,94)(H2,77,100)(H,80,101)(H,83,95)(H,84,96)(H,85,105)(H,86,106)(H,87,102)(H,88,108)(H,89,103)(H,90,104)(H,91,107)(H,98,99)(H4,78,79,81)/t40-,50+,51+,52+,53+,54+,55+,56+,57+,63+/m1/s1. The topological polar surface area (TPSA) is 583 Å². The molecule has 4 aromatic rings. The number of nitrogens with two attached hydrogens (primary N) is 4. The van der Waals surface area contributed by atoms with Gasteiger partial charge in [-0.05, 0) is 105 Å². The molecule has 0 unspecified atom stereocenters. The summed E-state index contributed by atoms with van der Waals surface area (Å²) in [4.78, 5) is 203. The number of nitriles is 1. The van der Waals surface area contributed by atoms with Gasteiger partial charge in [0.15, 0.2) is 5.96 Å². The molecule has 0 radical (unpaired) electrons. The average molecular weight is 1560 g/mol. The smallest absolute Gasteiger partial charge is 0.303 e. The number of primary amides is 2. The maximum absolute atomic E-state index is 15.4. The number of carboxylic acid groups (broad SMARTS) is 1. The van der Waals surface area contributed by atoms with Gasteiger partial charge in [-0.1, -0.05) is 95.8 Å². The highest BCUT2D eigenvalue weighted by Gasteiger charge is 2.40. The number of para-hydroxylation sites is 1. The van der Waals surface area contributed by atoms with E-state index in [0.29, 0.717) is 60.6 Å². The van der Waals surface area contributed by atoms with Crippen molar-refractivity contribution in [2.45, 2.75) is 195 Å². The number of carbonyl (C=O) groups is 14. The number of phenols is 1. The monoisotopic (exact) mass is 1560 g/mol. The molecule has 37 heteroatoms. The highest BCUT2D eigenvalue weighted by atomic mass is 33.1. The van der Waals surface area contributed by atoms with Crippen molar-refractivity contribution in [3.63, 3.8) is 0 Å². The van der Waals surface area contributed by atoms with Crippen LogP contribution in [0.4, 0.5) is 0 Å². The second-order valence-corrected chi connectivity index (χ2v) is 30.2. The van der Waals surface area contributed by atoms with Gasteiger partial charge in [-0.2, -0.15) is 5.26 Å². The molecular weight excluding hydrogens is 1460 g/mol. The number of hydrogen-bond donors (Lipinski definition) is 19. The fourth-order valence-electron chi connectivity index (χ4n) is 13.2. The summed E-state index contributed by atoms with van der Waals surface area (Å²) >= 11 is 0. The van der Waals surface area contributed by atoms with Crippen LogP contribution >= 0.6 is 21.6 Å². The van der Waals surface area contributed by atoms with E-state index in [2.05, 4.69) is 69.5 Å². The molecule has 2 saturated carbocycles. The van der Waals surface area contributed by atoms with Gasteiger partial charge in [-0.15, -0.1) is 0 Å². The highest BCUT2D eigenvalue weighted by molar-refractivity contribution is 8.76. The number of benzene rings is 3. The minimum Gasteiger partial charge on any atom is -0.508 e. The van der Waals surface area contributed by atoms with Gasteiger partial charge in [-0.3, -0.25) is 72.5 Å². The predicted octanol–water partition coefficient (Wildman–Crippen LogP) is -1.38. The quantitative estimate of drug-likeness (QED) is 0.0149. The number of H-pyrrole nitrogens is 1. The Morgan fingerprint density at radius 1 is 0.682 bits per heavy atom. The molecule has 10 atom stereocenters. The van der Waals surface area contributed by atoms with E-state index < -0.39 is 206 Å². The maximum atomic E-state index is 15.4. The minimum absolute atomic E-state index is 0.0339. The Balaban J connectivity index is 1.29. The molecule has 3 aromatic carbocycles. The molecule has 13 amide bonds. The van der Waals surface area contributed by atoms with Crippen LogP contribution in [0, 0.1) is 22.7 Å². The first kappa shape index (κ1) is 86.2. The fraction of sp³-hybridized carbons (Fsp3) is 0.507. The highest BCUT2D eigenvalue weighted by Crippen LogP contribution is 2.30. The lowest BCUT2D eigenvalue weighted by Crippen LogP contribution is -2.61. The molecule has 2 aliphatic carbocycles. The van der Waals surface area contributed by atoms with Gasteiger partial charge >= 0.3 is 5.97 Å². The lowest BCUT2D eigenvalue weighted by atomic mass is 9.95. The number of amides is 13. The maximum Gasteiger partial charge on any atom is 0.303 e. The molecule has 23 N–H and O–H groups in total. The second kappa shape index (κ2) is 43.3. The van der Waals surface area contributed by atoms with Crippen molar-refractivity contribution in [2.24, 2.45) is 28.9 Å². The summed E-state index contributed by atoms with van der Waals surface area (Å²) < 4.78 is 0. The van der Waals surface area contributed by atoms with Crippen LogP contribution in [-0.2, 0) is 86.4 Å². The van der Waals surface area contributed by atoms with E-state index in [1.54, 1.807) is 55.6 Å². The number of aromatic nitrogens is 1. The lowest BCUT2D eigenvalue weighted by Gasteiger charge is -2.31. The Morgan fingerprint density at radius 2 is 1.27 bits per heavy atom. The van der Waals surface area contributed by atoms with Crippen LogP contribution in [0.3, 0.4) is 0 Å². The zero-order valence-electron chi connectivity index (χ0n) is 61.0. The summed E-state index contributed by atoms with van der Waals surface area (Å²) in [6, 6.07) is 5.84. The van der Waals surface area contributed by atoms with Crippen LogP contribution in [0.2, 0.25) is 0 Å². The zero-order valence-corrected chi connectivity index (χ0v) is 62.7. The fourth-order valence-corrected chi connectivity index (χ4v) is 15.6. The first-order valence-electron chi connectivity index (χ1n) is 36.5. The van der Waals surface area contributed by atoms with Crippen molar-refractivity contribution in [2.75, 3.05) is 31.1 Å². The Morgan fingerprint density at radius 3 is 1.93 bits per heavy atom. The third-order valence-corrected chi connectivity index (χ3v) is 21.5. The van der Waals surface area contributed by atoms with E-state index in [-0.39, 0.29) is 73.9 Å². The molecule has 35 nitrogen and oxygen atoms in total. The largest absolute Gasteiger partial charge is 0.508 e. The van der Waals surface area contributed by atoms with Gasteiger partial charge in [0.2, 0.25) is 76.8 Å². The van der Waals surface area contributed by atoms with Gasteiger partial charge in [0.05, 0.1) is 18.2 Å². The number of aromatic hydroxyl groups is 1. The average Bonchev–Trinajstić information content (AvgIpc) is 1.62. The van der Waals surface area contributed by atoms with Crippen LogP contribution in [0.5, 0.6) is 5.75 Å². The van der Waals surface area contributed by atoms with Gasteiger partial charge in [0, 0.05) is 98.7 Å². The van der Waals surface area contributed by atoms with Crippen molar-refractivity contribution >= 4 is 121 Å². The number of carboxylic acids is 1. The van der Waals surface area contributed by atoms with Crippen LogP contribution in [0.25, 0.3) is 10.9 Å². The van der Waals surface area contributed by atoms with E-state index in [1.807, 2.05) is 0 Å².